The molecule has 1 saturated heterocycles. The van der Waals surface area contributed by atoms with E-state index in [-0.39, 0.29) is 17.6 Å². The zero-order valence-corrected chi connectivity index (χ0v) is 15.1. The van der Waals surface area contributed by atoms with Crippen LogP contribution in [0.2, 0.25) is 0 Å². The van der Waals surface area contributed by atoms with Crippen LogP contribution in [0.1, 0.15) is 20.7 Å². The molecule has 3 rings (SSSR count). The van der Waals surface area contributed by atoms with Gasteiger partial charge in [0.05, 0.1) is 42.9 Å². The highest BCUT2D eigenvalue weighted by Gasteiger charge is 2.20. The molecule has 1 aliphatic rings. The van der Waals surface area contributed by atoms with Crippen molar-refractivity contribution in [1.82, 2.24) is 0 Å². The fraction of sp³-hybridized carbons (Fsp3) is 0.300. The van der Waals surface area contributed by atoms with Crippen molar-refractivity contribution in [2.45, 2.75) is 6.10 Å². The molecule has 1 aliphatic heterocycles. The summed E-state index contributed by atoms with van der Waals surface area (Å²) in [6.45, 7) is 2.20. The molecular formula is C20H22N2O5. The van der Waals surface area contributed by atoms with Crippen molar-refractivity contribution in [3.63, 3.8) is 0 Å². The minimum atomic E-state index is -1.05. The summed E-state index contributed by atoms with van der Waals surface area (Å²) in [5.41, 5.74) is 1.74. The van der Waals surface area contributed by atoms with Crippen LogP contribution in [0.3, 0.4) is 0 Å². The zero-order valence-electron chi connectivity index (χ0n) is 15.1. The van der Waals surface area contributed by atoms with Crippen LogP contribution < -0.4 is 10.2 Å². The average Bonchev–Trinajstić information content (AvgIpc) is 2.69. The van der Waals surface area contributed by atoms with Crippen molar-refractivity contribution in [2.75, 3.05) is 43.6 Å². The van der Waals surface area contributed by atoms with E-state index in [2.05, 4.69) is 5.32 Å². The monoisotopic (exact) mass is 370 g/mol. The molecule has 0 aromatic heterocycles. The van der Waals surface area contributed by atoms with Crippen LogP contribution in [0.25, 0.3) is 0 Å². The largest absolute Gasteiger partial charge is 0.478 e. The summed E-state index contributed by atoms with van der Waals surface area (Å²) in [5, 5.41) is 12.1. The number of nitrogens with zero attached hydrogens (tertiary/aromatic N) is 1. The van der Waals surface area contributed by atoms with Crippen molar-refractivity contribution in [3.05, 3.63) is 59.7 Å². The molecule has 1 heterocycles. The molecule has 1 unspecified atom stereocenters. The second-order valence-corrected chi connectivity index (χ2v) is 6.31. The molecular weight excluding hydrogens is 348 g/mol. The second kappa shape index (κ2) is 8.66. The van der Waals surface area contributed by atoms with Gasteiger partial charge in [0.2, 0.25) is 0 Å². The molecule has 7 nitrogen and oxygen atoms in total. The molecule has 1 atom stereocenters. The lowest BCUT2D eigenvalue weighted by atomic mass is 10.1. The minimum absolute atomic E-state index is 0.0828. The molecule has 0 radical (unpaired) electrons. The maximum atomic E-state index is 12.5. The Labute approximate surface area is 157 Å². The number of rotatable bonds is 6. The van der Waals surface area contributed by atoms with Crippen LogP contribution >= 0.6 is 0 Å². The van der Waals surface area contributed by atoms with Crippen molar-refractivity contribution >= 4 is 23.3 Å². The number of carboxylic acids is 1. The highest BCUT2D eigenvalue weighted by Crippen LogP contribution is 2.28. The summed E-state index contributed by atoms with van der Waals surface area (Å²) in [6.07, 6.45) is -0.0828. The Morgan fingerprint density at radius 3 is 2.59 bits per heavy atom. The number of hydrogen-bond donors (Lipinski definition) is 2. The molecule has 142 valence electrons. The van der Waals surface area contributed by atoms with Gasteiger partial charge < -0.3 is 24.8 Å². The first-order valence-electron chi connectivity index (χ1n) is 8.69. The van der Waals surface area contributed by atoms with Gasteiger partial charge in [-0.3, -0.25) is 4.79 Å². The number of carboxylic acid groups (broad SMARTS) is 1. The number of nitrogens with one attached hydrogen (secondary N) is 1. The topological polar surface area (TPSA) is 88.1 Å². The van der Waals surface area contributed by atoms with E-state index >= 15 is 0 Å². The Bertz CT molecular complexity index is 803. The summed E-state index contributed by atoms with van der Waals surface area (Å²) in [5.74, 6) is -1.35. The van der Waals surface area contributed by atoms with Crippen LogP contribution in [-0.4, -0.2) is 56.5 Å². The maximum Gasteiger partial charge on any atom is 0.335 e. The maximum absolute atomic E-state index is 12.5. The van der Waals surface area contributed by atoms with E-state index in [9.17, 15) is 14.7 Å². The molecule has 0 bridgehead atoms. The normalized spacial score (nSPS) is 16.6. The number of benzene rings is 2. The number of ether oxygens (including phenoxy) is 2. The molecule has 2 N–H and O–H groups in total. The second-order valence-electron chi connectivity index (χ2n) is 6.31. The fourth-order valence-electron chi connectivity index (χ4n) is 2.93. The van der Waals surface area contributed by atoms with Gasteiger partial charge in [-0.1, -0.05) is 18.2 Å². The molecule has 0 spiro atoms. The third kappa shape index (κ3) is 4.84. The quantitative estimate of drug-likeness (QED) is 0.812. The Kier molecular flexibility index (Phi) is 6.05. The van der Waals surface area contributed by atoms with Crippen LogP contribution in [0, 0.1) is 0 Å². The number of aromatic carboxylic acids is 1. The highest BCUT2D eigenvalue weighted by atomic mass is 16.6. The van der Waals surface area contributed by atoms with Gasteiger partial charge >= 0.3 is 5.97 Å². The van der Waals surface area contributed by atoms with E-state index in [0.29, 0.717) is 43.3 Å². The molecule has 27 heavy (non-hydrogen) atoms. The SMILES string of the molecule is CN(CC1COCCO1)c1ccc(C(=O)O)cc1NC(=O)c1ccccc1. The summed E-state index contributed by atoms with van der Waals surface area (Å²) in [6, 6.07) is 13.4. The van der Waals surface area contributed by atoms with E-state index in [0.717, 1.165) is 0 Å². The van der Waals surface area contributed by atoms with E-state index < -0.39 is 5.97 Å². The van der Waals surface area contributed by atoms with E-state index in [1.165, 1.54) is 12.1 Å². The third-order valence-electron chi connectivity index (χ3n) is 4.30. The van der Waals surface area contributed by atoms with Crippen molar-refractivity contribution in [2.24, 2.45) is 0 Å². The number of hydrogen-bond acceptors (Lipinski definition) is 5. The lowest BCUT2D eigenvalue weighted by Gasteiger charge is -2.30. The Hall–Kier alpha value is -2.90. The molecule has 2 aromatic carbocycles. The Morgan fingerprint density at radius 1 is 1.15 bits per heavy atom. The lowest BCUT2D eigenvalue weighted by molar-refractivity contribution is -0.0837. The van der Waals surface area contributed by atoms with E-state index in [1.54, 1.807) is 30.3 Å². The number of carbonyl (C=O) groups excluding carboxylic acids is 1. The number of carbonyl (C=O) groups is 2. The fourth-order valence-corrected chi connectivity index (χ4v) is 2.93. The summed E-state index contributed by atoms with van der Waals surface area (Å²) < 4.78 is 11.1. The summed E-state index contributed by atoms with van der Waals surface area (Å²) in [7, 11) is 1.87. The molecule has 0 aliphatic carbocycles. The predicted molar refractivity (Wildman–Crippen MR) is 102 cm³/mol. The lowest BCUT2D eigenvalue weighted by Crippen LogP contribution is -2.38. The van der Waals surface area contributed by atoms with Gasteiger partial charge in [0, 0.05) is 19.2 Å². The van der Waals surface area contributed by atoms with Crippen molar-refractivity contribution in [1.29, 1.82) is 0 Å². The van der Waals surface area contributed by atoms with E-state index in [1.807, 2.05) is 18.0 Å². The third-order valence-corrected chi connectivity index (χ3v) is 4.30. The first-order chi connectivity index (χ1) is 13.0. The van der Waals surface area contributed by atoms with Crippen LogP contribution in [0.5, 0.6) is 0 Å². The van der Waals surface area contributed by atoms with Crippen molar-refractivity contribution in [3.8, 4) is 0 Å². The van der Waals surface area contributed by atoms with Gasteiger partial charge in [0.25, 0.3) is 5.91 Å². The van der Waals surface area contributed by atoms with E-state index in [4.69, 9.17) is 9.47 Å². The van der Waals surface area contributed by atoms with Gasteiger partial charge in [-0.15, -0.1) is 0 Å². The first-order valence-corrected chi connectivity index (χ1v) is 8.69. The Morgan fingerprint density at radius 2 is 1.93 bits per heavy atom. The van der Waals surface area contributed by atoms with Gasteiger partial charge in [0.15, 0.2) is 0 Å². The molecule has 0 saturated carbocycles. The minimum Gasteiger partial charge on any atom is -0.478 e. The number of amides is 1. The number of likely N-dealkylation sites (N-methyl/N-ethyl adjacent to an activating group) is 1. The summed E-state index contributed by atoms with van der Waals surface area (Å²) in [4.78, 5) is 25.8. The average molecular weight is 370 g/mol. The smallest absolute Gasteiger partial charge is 0.335 e. The standard InChI is InChI=1S/C20H22N2O5/c1-22(12-16-13-26-9-10-27-16)18-8-7-15(20(24)25)11-17(18)21-19(23)14-5-3-2-4-6-14/h2-8,11,16H,9-10,12-13H2,1H3,(H,21,23)(H,24,25). The Balaban J connectivity index is 1.83. The van der Waals surface area contributed by atoms with Crippen molar-refractivity contribution < 1.29 is 24.2 Å². The molecule has 2 aromatic rings. The number of anilines is 2. The molecule has 1 fully saturated rings. The van der Waals surface area contributed by atoms with Gasteiger partial charge in [-0.25, -0.2) is 4.79 Å². The zero-order chi connectivity index (χ0) is 19.2. The highest BCUT2D eigenvalue weighted by molar-refractivity contribution is 6.06. The molecule has 7 heteroatoms. The first kappa shape index (κ1) is 18.9. The summed E-state index contributed by atoms with van der Waals surface area (Å²) >= 11 is 0. The van der Waals surface area contributed by atoms with Gasteiger partial charge in [-0.2, -0.15) is 0 Å². The van der Waals surface area contributed by atoms with Crippen LogP contribution in [0.15, 0.2) is 48.5 Å². The van der Waals surface area contributed by atoms with Crippen LogP contribution in [-0.2, 0) is 9.47 Å². The van der Waals surface area contributed by atoms with Crippen LogP contribution in [0.4, 0.5) is 11.4 Å². The predicted octanol–water partition coefficient (Wildman–Crippen LogP) is 2.49. The van der Waals surface area contributed by atoms with Gasteiger partial charge in [-0.05, 0) is 30.3 Å². The molecule has 1 amide bonds. The van der Waals surface area contributed by atoms with Gasteiger partial charge in [0.1, 0.15) is 0 Å².